The quantitative estimate of drug-likeness (QED) is 0.0169. The molecule has 0 rings (SSSR count). The first-order valence-corrected chi connectivity index (χ1v) is 43.2. The van der Waals surface area contributed by atoms with E-state index in [2.05, 4.69) is 101 Å². The number of hydrogen-bond donors (Lipinski definition) is 3. The Morgan fingerprint density at radius 1 is 0.290 bits per heavy atom. The number of aliphatic hydroxyl groups is 1. The lowest BCUT2D eigenvalue weighted by atomic mass is 10.0. The van der Waals surface area contributed by atoms with E-state index in [0.717, 1.165) is 141 Å². The summed E-state index contributed by atoms with van der Waals surface area (Å²) in [7, 11) is -9.95. The Morgan fingerprint density at radius 3 is 0.830 bits per heavy atom. The maximum absolute atomic E-state index is 13.1. The third-order valence-electron chi connectivity index (χ3n) is 17.2. The van der Waals surface area contributed by atoms with Gasteiger partial charge in [-0.05, 0) is 96.3 Å². The summed E-state index contributed by atoms with van der Waals surface area (Å²) in [5.41, 5.74) is 0. The van der Waals surface area contributed by atoms with Gasteiger partial charge in [0.05, 0.1) is 26.4 Å². The third-order valence-corrected chi connectivity index (χ3v) is 19.1. The van der Waals surface area contributed by atoms with E-state index in [9.17, 15) is 43.2 Å². The maximum Gasteiger partial charge on any atom is 0.472 e. The van der Waals surface area contributed by atoms with Gasteiger partial charge in [-0.25, -0.2) is 9.13 Å². The van der Waals surface area contributed by atoms with E-state index in [1.807, 2.05) is 0 Å². The van der Waals surface area contributed by atoms with Crippen molar-refractivity contribution in [2.24, 2.45) is 0 Å². The van der Waals surface area contributed by atoms with E-state index in [1.165, 1.54) is 141 Å². The van der Waals surface area contributed by atoms with Crippen molar-refractivity contribution in [2.75, 3.05) is 39.6 Å². The van der Waals surface area contributed by atoms with Crippen LogP contribution in [0.2, 0.25) is 0 Å². The number of aliphatic hydroxyl groups excluding tert-OH is 1. The molecular formula is C81H146O17P2. The largest absolute Gasteiger partial charge is 0.472 e. The van der Waals surface area contributed by atoms with Crippen LogP contribution in [-0.4, -0.2) is 96.7 Å². The van der Waals surface area contributed by atoms with Gasteiger partial charge >= 0.3 is 39.5 Å². The smallest absolute Gasteiger partial charge is 0.462 e. The minimum absolute atomic E-state index is 0.0925. The fourth-order valence-electron chi connectivity index (χ4n) is 11.1. The molecule has 582 valence electrons. The summed E-state index contributed by atoms with van der Waals surface area (Å²) in [4.78, 5) is 73.0. The van der Waals surface area contributed by atoms with Crippen LogP contribution in [0.5, 0.6) is 0 Å². The summed E-state index contributed by atoms with van der Waals surface area (Å²) in [6.07, 6.45) is 74.5. The fraction of sp³-hybridized carbons (Fsp3) is 0.802. The molecule has 0 spiro atoms. The van der Waals surface area contributed by atoms with Crippen LogP contribution in [0, 0.1) is 0 Å². The van der Waals surface area contributed by atoms with Crippen molar-refractivity contribution >= 4 is 39.5 Å². The number of carbonyl (C=O) groups excluding carboxylic acids is 4. The molecule has 2 unspecified atom stereocenters. The summed E-state index contributed by atoms with van der Waals surface area (Å²) in [6.45, 7) is 4.77. The second kappa shape index (κ2) is 73.8. The molecule has 0 saturated heterocycles. The molecule has 0 aliphatic rings. The van der Waals surface area contributed by atoms with Crippen LogP contribution in [0.15, 0.2) is 72.9 Å². The van der Waals surface area contributed by atoms with E-state index in [4.69, 9.17) is 37.0 Å². The lowest BCUT2D eigenvalue weighted by Crippen LogP contribution is -2.30. The summed E-state index contributed by atoms with van der Waals surface area (Å²) in [6, 6.07) is 0. The average molecular weight is 1450 g/mol. The van der Waals surface area contributed by atoms with E-state index in [1.54, 1.807) is 0 Å². The SMILES string of the molecule is CC/C=C\C/C=C\C/C=C\C/C=C\C/C=C\CCCCCC(=O)OC[C@H](COP(=O)(O)OC[C@@H](O)COP(=O)(O)OC[C@@H](COC(=O)CCCCCCCCC/C=C\CCCCCC)OC(=O)CCCCCCCCCCCCCCC)OC(=O)CCCCCCCCCCCCCCC. The Bertz CT molecular complexity index is 2180. The minimum Gasteiger partial charge on any atom is -0.462 e. The number of ether oxygens (including phenoxy) is 4. The molecule has 0 aliphatic carbocycles. The first-order chi connectivity index (χ1) is 48.7. The molecule has 19 heteroatoms. The van der Waals surface area contributed by atoms with E-state index in [0.29, 0.717) is 25.7 Å². The van der Waals surface area contributed by atoms with Gasteiger partial charge in [0.2, 0.25) is 0 Å². The van der Waals surface area contributed by atoms with Crippen molar-refractivity contribution in [1.29, 1.82) is 0 Å². The van der Waals surface area contributed by atoms with Gasteiger partial charge in [0.1, 0.15) is 19.3 Å². The van der Waals surface area contributed by atoms with E-state index < -0.39 is 97.5 Å². The fourth-order valence-corrected chi connectivity index (χ4v) is 12.6. The topological polar surface area (TPSA) is 237 Å². The lowest BCUT2D eigenvalue weighted by molar-refractivity contribution is -0.161. The number of unbranched alkanes of at least 4 members (excludes halogenated alkanes) is 38. The van der Waals surface area contributed by atoms with Crippen molar-refractivity contribution in [2.45, 2.75) is 380 Å². The normalized spacial score (nSPS) is 14.3. The Morgan fingerprint density at radius 2 is 0.520 bits per heavy atom. The van der Waals surface area contributed by atoms with Gasteiger partial charge in [-0.1, -0.05) is 312 Å². The lowest BCUT2D eigenvalue weighted by Gasteiger charge is -2.21. The van der Waals surface area contributed by atoms with Gasteiger partial charge in [-0.3, -0.25) is 37.3 Å². The van der Waals surface area contributed by atoms with Crippen molar-refractivity contribution in [3.8, 4) is 0 Å². The number of rotatable bonds is 76. The second-order valence-corrected chi connectivity index (χ2v) is 29.9. The molecule has 3 N–H and O–H groups in total. The van der Waals surface area contributed by atoms with E-state index in [-0.39, 0.29) is 25.7 Å². The van der Waals surface area contributed by atoms with Gasteiger partial charge in [-0.2, -0.15) is 0 Å². The first-order valence-electron chi connectivity index (χ1n) is 40.2. The van der Waals surface area contributed by atoms with Crippen LogP contribution >= 0.6 is 15.6 Å². The molecule has 0 aromatic heterocycles. The molecule has 0 aromatic rings. The number of phosphoric ester groups is 2. The predicted octanol–water partition coefficient (Wildman–Crippen LogP) is 23.2. The second-order valence-electron chi connectivity index (χ2n) is 27.0. The van der Waals surface area contributed by atoms with Crippen LogP contribution in [0.1, 0.15) is 362 Å². The van der Waals surface area contributed by atoms with Crippen LogP contribution in [0.25, 0.3) is 0 Å². The monoisotopic (exact) mass is 1450 g/mol. The van der Waals surface area contributed by atoms with Crippen molar-refractivity contribution in [1.82, 2.24) is 0 Å². The Labute approximate surface area is 609 Å². The molecule has 0 fully saturated rings. The first kappa shape index (κ1) is 96.5. The van der Waals surface area contributed by atoms with Gasteiger partial charge in [-0.15, -0.1) is 0 Å². The highest BCUT2D eigenvalue weighted by Crippen LogP contribution is 2.45. The van der Waals surface area contributed by atoms with Gasteiger partial charge < -0.3 is 33.8 Å². The average Bonchev–Trinajstić information content (AvgIpc) is 0.935. The molecule has 0 amide bonds. The molecular weight excluding hydrogens is 1310 g/mol. The van der Waals surface area contributed by atoms with Crippen LogP contribution in [0.4, 0.5) is 0 Å². The van der Waals surface area contributed by atoms with Crippen molar-refractivity contribution < 1.29 is 80.2 Å². The molecule has 100 heavy (non-hydrogen) atoms. The number of allylic oxidation sites excluding steroid dienone is 12. The molecule has 0 bridgehead atoms. The molecule has 0 saturated carbocycles. The molecule has 17 nitrogen and oxygen atoms in total. The van der Waals surface area contributed by atoms with Crippen molar-refractivity contribution in [3.05, 3.63) is 72.9 Å². The van der Waals surface area contributed by atoms with Crippen LogP contribution in [-0.2, 0) is 65.4 Å². The Balaban J connectivity index is 5.33. The summed E-state index contributed by atoms with van der Waals surface area (Å²) in [5.74, 6) is -2.18. The molecule has 0 aliphatic heterocycles. The van der Waals surface area contributed by atoms with Crippen LogP contribution < -0.4 is 0 Å². The zero-order chi connectivity index (χ0) is 73.2. The van der Waals surface area contributed by atoms with Gasteiger partial charge in [0.25, 0.3) is 0 Å². The molecule has 0 heterocycles. The maximum atomic E-state index is 13.1. The minimum atomic E-state index is -4.98. The Hall–Kier alpha value is -3.50. The zero-order valence-corrected chi connectivity index (χ0v) is 65.4. The van der Waals surface area contributed by atoms with Crippen LogP contribution in [0.3, 0.4) is 0 Å². The number of phosphoric acid groups is 2. The summed E-state index contributed by atoms with van der Waals surface area (Å²) >= 11 is 0. The molecule has 5 atom stereocenters. The Kier molecular flexibility index (Phi) is 71.2. The summed E-state index contributed by atoms with van der Waals surface area (Å²) < 4.78 is 68.6. The predicted molar refractivity (Wildman–Crippen MR) is 409 cm³/mol. The number of esters is 4. The number of carbonyl (C=O) groups is 4. The molecule has 0 aromatic carbocycles. The van der Waals surface area contributed by atoms with E-state index >= 15 is 0 Å². The standard InChI is InChI=1S/C81H146O17P2/c1-5-9-13-17-21-25-29-33-35-36-37-38-40-44-46-50-54-58-62-66-79(84)92-72-77(98-81(86)68-64-60-56-52-48-42-32-28-24-20-16-12-8-4)74-96-100(89,90)94-70-75(82)69-93-99(87,88)95-73-76(97-80(85)67-63-59-55-51-47-41-31-27-23-19-15-11-7-3)71-91-78(83)65-61-57-53-49-45-43-39-34-30-26-22-18-14-10-6-2/h9,13,21,25-26,30,33,35,37-38,44,46,75-77,82H,5-8,10-12,14-20,22-24,27-29,31-32,34,36,39-43,45,47-74H2,1-4H3,(H,87,88)(H,89,90)/b13-9-,25-21-,30-26-,35-33-,38-37-,46-44-/t75-,76+,77+/m0/s1. The van der Waals surface area contributed by atoms with Crippen molar-refractivity contribution in [3.63, 3.8) is 0 Å². The number of hydrogen-bond acceptors (Lipinski definition) is 15. The summed E-state index contributed by atoms with van der Waals surface area (Å²) in [5, 5.41) is 10.6. The van der Waals surface area contributed by atoms with Gasteiger partial charge in [0.15, 0.2) is 12.2 Å². The highest BCUT2D eigenvalue weighted by Gasteiger charge is 2.30. The zero-order valence-electron chi connectivity index (χ0n) is 63.6. The highest BCUT2D eigenvalue weighted by molar-refractivity contribution is 7.47. The third kappa shape index (κ3) is 72.8. The van der Waals surface area contributed by atoms with Gasteiger partial charge in [0, 0.05) is 25.7 Å². The highest BCUT2D eigenvalue weighted by atomic mass is 31.2. The molecule has 0 radical (unpaired) electrons.